The molecule has 0 heterocycles. The van der Waals surface area contributed by atoms with Crippen LogP contribution in [0.3, 0.4) is 0 Å². The van der Waals surface area contributed by atoms with E-state index in [1.807, 2.05) is 13.8 Å². The molecular formula is C13H26N2O. The summed E-state index contributed by atoms with van der Waals surface area (Å²) in [5.74, 6) is 0.658. The molecule has 2 unspecified atom stereocenters. The van der Waals surface area contributed by atoms with E-state index in [0.29, 0.717) is 12.5 Å². The van der Waals surface area contributed by atoms with E-state index in [9.17, 15) is 0 Å². The monoisotopic (exact) mass is 226 g/mol. The zero-order valence-electron chi connectivity index (χ0n) is 11.3. The first-order valence-electron chi connectivity index (χ1n) is 6.21. The third-order valence-electron chi connectivity index (χ3n) is 2.62. The van der Waals surface area contributed by atoms with E-state index >= 15 is 0 Å². The molecule has 0 aromatic heterocycles. The van der Waals surface area contributed by atoms with E-state index in [-0.39, 0.29) is 6.10 Å². The molecule has 0 aromatic rings. The van der Waals surface area contributed by atoms with E-state index in [0.717, 1.165) is 19.4 Å². The molecule has 0 saturated carbocycles. The SMILES string of the molecule is CCNC(C)(C#N)CCOC(C)CC(C)C. The maximum absolute atomic E-state index is 9.06. The van der Waals surface area contributed by atoms with Gasteiger partial charge in [0.2, 0.25) is 0 Å². The van der Waals surface area contributed by atoms with Crippen LogP contribution in [0.25, 0.3) is 0 Å². The average Bonchev–Trinajstić information content (AvgIpc) is 2.17. The van der Waals surface area contributed by atoms with Gasteiger partial charge >= 0.3 is 0 Å². The van der Waals surface area contributed by atoms with Crippen molar-refractivity contribution in [3.05, 3.63) is 0 Å². The third-order valence-corrected chi connectivity index (χ3v) is 2.62. The van der Waals surface area contributed by atoms with Crippen LogP contribution in [0.15, 0.2) is 0 Å². The van der Waals surface area contributed by atoms with Crippen LogP contribution >= 0.6 is 0 Å². The van der Waals surface area contributed by atoms with E-state index < -0.39 is 5.54 Å². The van der Waals surface area contributed by atoms with Gasteiger partial charge in [-0.1, -0.05) is 20.8 Å². The quantitative estimate of drug-likeness (QED) is 0.692. The van der Waals surface area contributed by atoms with Crippen LogP contribution < -0.4 is 5.32 Å². The highest BCUT2D eigenvalue weighted by Gasteiger charge is 2.22. The summed E-state index contributed by atoms with van der Waals surface area (Å²) in [6.07, 6.45) is 2.09. The fourth-order valence-electron chi connectivity index (χ4n) is 1.77. The predicted molar refractivity (Wildman–Crippen MR) is 67.2 cm³/mol. The standard InChI is InChI=1S/C13H26N2O/c1-6-15-13(5,10-14)7-8-16-12(4)9-11(2)3/h11-12,15H,6-9H2,1-5H3. The van der Waals surface area contributed by atoms with E-state index in [1.165, 1.54) is 0 Å². The topological polar surface area (TPSA) is 45.0 Å². The average molecular weight is 226 g/mol. The summed E-state index contributed by atoms with van der Waals surface area (Å²) >= 11 is 0. The molecule has 0 aliphatic rings. The number of hydrogen-bond donors (Lipinski definition) is 1. The number of nitrogens with zero attached hydrogens (tertiary/aromatic N) is 1. The van der Waals surface area contributed by atoms with Gasteiger partial charge in [0.05, 0.1) is 12.2 Å². The van der Waals surface area contributed by atoms with Gasteiger partial charge in [0, 0.05) is 13.0 Å². The van der Waals surface area contributed by atoms with Crippen LogP contribution in [0, 0.1) is 17.2 Å². The molecule has 0 rings (SSSR count). The van der Waals surface area contributed by atoms with Crippen LogP contribution in [-0.2, 0) is 4.74 Å². The van der Waals surface area contributed by atoms with Gasteiger partial charge in [0.15, 0.2) is 0 Å². The first-order valence-corrected chi connectivity index (χ1v) is 6.21. The van der Waals surface area contributed by atoms with Crippen molar-refractivity contribution in [2.24, 2.45) is 5.92 Å². The summed E-state index contributed by atoms with van der Waals surface area (Å²) < 4.78 is 5.71. The Balaban J connectivity index is 3.83. The smallest absolute Gasteiger partial charge is 0.106 e. The van der Waals surface area contributed by atoms with Crippen molar-refractivity contribution in [2.45, 2.75) is 59.1 Å². The van der Waals surface area contributed by atoms with Crippen molar-refractivity contribution < 1.29 is 4.74 Å². The van der Waals surface area contributed by atoms with E-state index in [1.54, 1.807) is 0 Å². The zero-order chi connectivity index (χ0) is 12.6. The fourth-order valence-corrected chi connectivity index (χ4v) is 1.77. The Kier molecular flexibility index (Phi) is 7.36. The summed E-state index contributed by atoms with van der Waals surface area (Å²) in [4.78, 5) is 0. The zero-order valence-corrected chi connectivity index (χ0v) is 11.3. The van der Waals surface area contributed by atoms with Gasteiger partial charge in [-0.25, -0.2) is 0 Å². The lowest BCUT2D eigenvalue weighted by Crippen LogP contribution is -2.42. The van der Waals surface area contributed by atoms with Gasteiger partial charge in [-0.2, -0.15) is 5.26 Å². The van der Waals surface area contributed by atoms with Crippen molar-refractivity contribution in [2.75, 3.05) is 13.2 Å². The summed E-state index contributed by atoms with van der Waals surface area (Å²) in [5, 5.41) is 12.2. The van der Waals surface area contributed by atoms with Crippen molar-refractivity contribution in [3.8, 4) is 6.07 Å². The molecule has 0 aliphatic carbocycles. The molecule has 0 radical (unpaired) electrons. The molecule has 94 valence electrons. The Hall–Kier alpha value is -0.590. The molecule has 16 heavy (non-hydrogen) atoms. The second-order valence-corrected chi connectivity index (χ2v) is 5.04. The Bertz CT molecular complexity index is 222. The van der Waals surface area contributed by atoms with Crippen LogP contribution in [0.5, 0.6) is 0 Å². The molecule has 0 fully saturated rings. The van der Waals surface area contributed by atoms with Crippen molar-refractivity contribution in [1.82, 2.24) is 5.32 Å². The maximum Gasteiger partial charge on any atom is 0.106 e. The minimum Gasteiger partial charge on any atom is -0.378 e. The summed E-state index contributed by atoms with van der Waals surface area (Å²) in [6, 6.07) is 2.30. The second kappa shape index (κ2) is 7.65. The molecule has 2 atom stereocenters. The lowest BCUT2D eigenvalue weighted by Gasteiger charge is -2.23. The number of rotatable bonds is 8. The maximum atomic E-state index is 9.06. The highest BCUT2D eigenvalue weighted by atomic mass is 16.5. The lowest BCUT2D eigenvalue weighted by atomic mass is 10.0. The molecule has 0 spiro atoms. The minimum absolute atomic E-state index is 0.282. The Morgan fingerprint density at radius 1 is 1.38 bits per heavy atom. The molecule has 3 heteroatoms. The molecular weight excluding hydrogens is 200 g/mol. The van der Waals surface area contributed by atoms with Gasteiger partial charge in [-0.05, 0) is 32.7 Å². The highest BCUT2D eigenvalue weighted by Crippen LogP contribution is 2.12. The van der Waals surface area contributed by atoms with E-state index in [2.05, 4.69) is 32.2 Å². The Morgan fingerprint density at radius 2 is 2.00 bits per heavy atom. The molecule has 0 aliphatic heterocycles. The van der Waals surface area contributed by atoms with Gasteiger partial charge < -0.3 is 4.74 Å². The summed E-state index contributed by atoms with van der Waals surface area (Å²) in [6.45, 7) is 11.9. The van der Waals surface area contributed by atoms with Crippen molar-refractivity contribution >= 4 is 0 Å². The summed E-state index contributed by atoms with van der Waals surface area (Å²) in [7, 11) is 0. The van der Waals surface area contributed by atoms with Crippen LogP contribution in [0.2, 0.25) is 0 Å². The highest BCUT2D eigenvalue weighted by molar-refractivity contribution is 5.03. The fraction of sp³-hybridized carbons (Fsp3) is 0.923. The molecule has 0 bridgehead atoms. The largest absolute Gasteiger partial charge is 0.378 e. The van der Waals surface area contributed by atoms with E-state index in [4.69, 9.17) is 10.00 Å². The number of nitriles is 1. The Labute approximate surface area is 100 Å². The number of ether oxygens (including phenoxy) is 1. The van der Waals surface area contributed by atoms with Crippen molar-refractivity contribution in [3.63, 3.8) is 0 Å². The van der Waals surface area contributed by atoms with Crippen LogP contribution in [0.1, 0.15) is 47.5 Å². The first-order chi connectivity index (χ1) is 7.43. The van der Waals surface area contributed by atoms with Gasteiger partial charge in [-0.3, -0.25) is 5.32 Å². The molecule has 0 saturated heterocycles. The molecule has 3 nitrogen and oxygen atoms in total. The van der Waals surface area contributed by atoms with Gasteiger partial charge in [0.1, 0.15) is 5.54 Å². The molecule has 0 aromatic carbocycles. The number of hydrogen-bond acceptors (Lipinski definition) is 3. The van der Waals surface area contributed by atoms with Crippen molar-refractivity contribution in [1.29, 1.82) is 5.26 Å². The third kappa shape index (κ3) is 6.81. The number of nitrogens with one attached hydrogen (secondary N) is 1. The summed E-state index contributed by atoms with van der Waals surface area (Å²) in [5.41, 5.74) is -0.452. The molecule has 1 N–H and O–H groups in total. The van der Waals surface area contributed by atoms with Gasteiger partial charge in [-0.15, -0.1) is 0 Å². The second-order valence-electron chi connectivity index (χ2n) is 5.04. The normalized spacial score (nSPS) is 16.8. The van der Waals surface area contributed by atoms with Gasteiger partial charge in [0.25, 0.3) is 0 Å². The van der Waals surface area contributed by atoms with Crippen LogP contribution in [-0.4, -0.2) is 24.8 Å². The van der Waals surface area contributed by atoms with Crippen LogP contribution in [0.4, 0.5) is 0 Å². The first kappa shape index (κ1) is 15.4. The molecule has 0 amide bonds. The Morgan fingerprint density at radius 3 is 2.44 bits per heavy atom. The predicted octanol–water partition coefficient (Wildman–Crippen LogP) is 2.72. The lowest BCUT2D eigenvalue weighted by molar-refractivity contribution is 0.0430. The minimum atomic E-state index is -0.452.